The Kier molecular flexibility index (Phi) is 6.86. The number of carbonyl (C=O) groups excluding carboxylic acids is 2. The summed E-state index contributed by atoms with van der Waals surface area (Å²) in [4.78, 5) is 25.4. The molecule has 0 atom stereocenters. The van der Waals surface area contributed by atoms with Gasteiger partial charge in [-0.05, 0) is 31.2 Å². The summed E-state index contributed by atoms with van der Waals surface area (Å²) in [6.45, 7) is 2.57. The monoisotopic (exact) mass is 395 g/mol. The van der Waals surface area contributed by atoms with Gasteiger partial charge in [-0.25, -0.2) is 0 Å². The molecule has 1 aromatic heterocycles. The molecule has 2 aromatic carbocycles. The summed E-state index contributed by atoms with van der Waals surface area (Å²) in [7, 11) is 0. The Morgan fingerprint density at radius 1 is 0.964 bits per heavy atom. The molecule has 0 aliphatic heterocycles. The molecule has 0 unspecified atom stereocenters. The molecule has 0 fully saturated rings. The van der Waals surface area contributed by atoms with Gasteiger partial charge in [-0.3, -0.25) is 9.59 Å². The lowest BCUT2D eigenvalue weighted by atomic mass is 10.2. The van der Waals surface area contributed by atoms with Crippen LogP contribution in [0, 0.1) is 6.92 Å². The third-order valence-corrected chi connectivity index (χ3v) is 5.01. The van der Waals surface area contributed by atoms with Crippen LogP contribution in [0.2, 0.25) is 0 Å². The highest BCUT2D eigenvalue weighted by atomic mass is 32.2. The number of carbonyl (C=O) groups is 2. The first-order valence-electron chi connectivity index (χ1n) is 8.89. The molecule has 0 saturated heterocycles. The van der Waals surface area contributed by atoms with Crippen molar-refractivity contribution < 1.29 is 14.1 Å². The minimum absolute atomic E-state index is 0.159. The summed E-state index contributed by atoms with van der Waals surface area (Å²) in [5, 5.41) is 9.51. The molecule has 144 valence electrons. The van der Waals surface area contributed by atoms with Gasteiger partial charge < -0.3 is 15.2 Å². The third kappa shape index (κ3) is 5.47. The first-order valence-corrected chi connectivity index (χ1v) is 9.87. The van der Waals surface area contributed by atoms with Gasteiger partial charge in [-0.15, -0.1) is 11.8 Å². The van der Waals surface area contributed by atoms with E-state index in [0.29, 0.717) is 30.0 Å². The molecule has 0 saturated carbocycles. The van der Waals surface area contributed by atoms with Crippen molar-refractivity contribution in [1.29, 1.82) is 0 Å². The zero-order valence-electron chi connectivity index (χ0n) is 15.5. The van der Waals surface area contributed by atoms with Crippen molar-refractivity contribution in [3.8, 4) is 0 Å². The summed E-state index contributed by atoms with van der Waals surface area (Å²) in [5.41, 5.74) is 2.02. The average molecular weight is 395 g/mol. The van der Waals surface area contributed by atoms with E-state index in [2.05, 4.69) is 15.8 Å². The lowest BCUT2D eigenvalue weighted by Crippen LogP contribution is -2.34. The molecule has 1 heterocycles. The second-order valence-corrected chi connectivity index (χ2v) is 7.11. The predicted molar refractivity (Wildman–Crippen MR) is 108 cm³/mol. The van der Waals surface area contributed by atoms with E-state index < -0.39 is 0 Å². The standard InChI is InChI=1S/C21H21N3O3S/c1-15-13-17(27-24-15)14-28-19-10-6-5-9-18(19)21(26)23-12-11-22-20(25)16-7-3-2-4-8-16/h2-10,13H,11-12,14H2,1H3,(H,22,25)(H,23,26). The van der Waals surface area contributed by atoms with Gasteiger partial charge in [0.15, 0.2) is 0 Å². The van der Waals surface area contributed by atoms with Crippen LogP contribution in [0.4, 0.5) is 0 Å². The highest BCUT2D eigenvalue weighted by molar-refractivity contribution is 7.98. The number of amides is 2. The Balaban J connectivity index is 1.49. The lowest BCUT2D eigenvalue weighted by Gasteiger charge is -2.10. The van der Waals surface area contributed by atoms with Crippen LogP contribution in [0.25, 0.3) is 0 Å². The Morgan fingerprint density at radius 2 is 1.64 bits per heavy atom. The molecule has 3 rings (SSSR count). The van der Waals surface area contributed by atoms with Crippen LogP contribution in [0.3, 0.4) is 0 Å². The number of thioether (sulfide) groups is 1. The normalized spacial score (nSPS) is 10.5. The van der Waals surface area contributed by atoms with Crippen LogP contribution in [-0.4, -0.2) is 30.1 Å². The van der Waals surface area contributed by atoms with E-state index in [0.717, 1.165) is 16.3 Å². The van der Waals surface area contributed by atoms with Crippen molar-refractivity contribution in [2.45, 2.75) is 17.6 Å². The molecular weight excluding hydrogens is 374 g/mol. The molecule has 2 N–H and O–H groups in total. The second kappa shape index (κ2) is 9.75. The van der Waals surface area contributed by atoms with Crippen LogP contribution < -0.4 is 10.6 Å². The highest BCUT2D eigenvalue weighted by Crippen LogP contribution is 2.26. The number of aryl methyl sites for hydroxylation is 1. The van der Waals surface area contributed by atoms with E-state index >= 15 is 0 Å². The number of hydrogen-bond donors (Lipinski definition) is 2. The van der Waals surface area contributed by atoms with Crippen molar-refractivity contribution in [3.63, 3.8) is 0 Å². The fraction of sp³-hybridized carbons (Fsp3) is 0.190. The molecule has 0 aliphatic carbocycles. The maximum absolute atomic E-state index is 12.5. The van der Waals surface area contributed by atoms with E-state index in [1.807, 2.05) is 49.4 Å². The Morgan fingerprint density at radius 3 is 2.36 bits per heavy atom. The van der Waals surface area contributed by atoms with Gasteiger partial charge in [0.1, 0.15) is 5.76 Å². The quantitative estimate of drug-likeness (QED) is 0.451. The van der Waals surface area contributed by atoms with Crippen LogP contribution in [-0.2, 0) is 5.75 Å². The van der Waals surface area contributed by atoms with Gasteiger partial charge in [-0.1, -0.05) is 35.5 Å². The highest BCUT2D eigenvalue weighted by Gasteiger charge is 2.12. The fourth-order valence-corrected chi connectivity index (χ4v) is 3.48. The Hall–Kier alpha value is -3.06. The third-order valence-electron chi connectivity index (χ3n) is 3.91. The Bertz CT molecular complexity index is 941. The van der Waals surface area contributed by atoms with E-state index in [1.54, 1.807) is 18.2 Å². The molecule has 0 radical (unpaired) electrons. The van der Waals surface area contributed by atoms with Gasteiger partial charge in [0.05, 0.1) is 17.0 Å². The summed E-state index contributed by atoms with van der Waals surface area (Å²) in [6, 6.07) is 18.3. The molecule has 7 heteroatoms. The van der Waals surface area contributed by atoms with Crippen molar-refractivity contribution in [1.82, 2.24) is 15.8 Å². The minimum atomic E-state index is -0.175. The largest absolute Gasteiger partial charge is 0.360 e. The van der Waals surface area contributed by atoms with E-state index in [1.165, 1.54) is 11.8 Å². The van der Waals surface area contributed by atoms with Crippen LogP contribution in [0.5, 0.6) is 0 Å². The van der Waals surface area contributed by atoms with Gasteiger partial charge in [-0.2, -0.15) is 0 Å². The number of rotatable bonds is 8. The predicted octanol–water partition coefficient (Wildman–Crippen LogP) is 3.44. The number of benzene rings is 2. The first kappa shape index (κ1) is 19.7. The summed E-state index contributed by atoms with van der Waals surface area (Å²) in [6.07, 6.45) is 0. The molecule has 28 heavy (non-hydrogen) atoms. The topological polar surface area (TPSA) is 84.2 Å². The summed E-state index contributed by atoms with van der Waals surface area (Å²) in [5.74, 6) is 1.03. The zero-order valence-corrected chi connectivity index (χ0v) is 16.3. The molecule has 0 spiro atoms. The molecule has 2 amide bonds. The van der Waals surface area contributed by atoms with Crippen LogP contribution in [0.15, 0.2) is 70.1 Å². The molecule has 3 aromatic rings. The van der Waals surface area contributed by atoms with E-state index in [-0.39, 0.29) is 11.8 Å². The van der Waals surface area contributed by atoms with Gasteiger partial charge in [0, 0.05) is 29.6 Å². The number of hydrogen-bond acceptors (Lipinski definition) is 5. The van der Waals surface area contributed by atoms with Crippen LogP contribution in [0.1, 0.15) is 32.2 Å². The van der Waals surface area contributed by atoms with Crippen molar-refractivity contribution in [3.05, 3.63) is 83.2 Å². The van der Waals surface area contributed by atoms with Gasteiger partial charge in [0.25, 0.3) is 11.8 Å². The number of nitrogens with one attached hydrogen (secondary N) is 2. The first-order chi connectivity index (χ1) is 13.6. The van der Waals surface area contributed by atoms with E-state index in [4.69, 9.17) is 4.52 Å². The van der Waals surface area contributed by atoms with Crippen molar-refractivity contribution >= 4 is 23.6 Å². The van der Waals surface area contributed by atoms with Gasteiger partial charge in [0.2, 0.25) is 0 Å². The summed E-state index contributed by atoms with van der Waals surface area (Å²) < 4.78 is 5.21. The lowest BCUT2D eigenvalue weighted by molar-refractivity contribution is 0.0926. The maximum Gasteiger partial charge on any atom is 0.252 e. The summed E-state index contributed by atoms with van der Waals surface area (Å²) >= 11 is 1.52. The fourth-order valence-electron chi connectivity index (χ4n) is 2.55. The molecular formula is C21H21N3O3S. The molecule has 0 bridgehead atoms. The molecule has 0 aliphatic rings. The number of aromatic nitrogens is 1. The van der Waals surface area contributed by atoms with Crippen molar-refractivity contribution in [2.75, 3.05) is 13.1 Å². The van der Waals surface area contributed by atoms with Crippen molar-refractivity contribution in [2.24, 2.45) is 0 Å². The number of nitrogens with zero attached hydrogens (tertiary/aromatic N) is 1. The minimum Gasteiger partial charge on any atom is -0.360 e. The molecule has 6 nitrogen and oxygen atoms in total. The average Bonchev–Trinajstić information content (AvgIpc) is 3.15. The smallest absolute Gasteiger partial charge is 0.252 e. The zero-order chi connectivity index (χ0) is 19.8. The van der Waals surface area contributed by atoms with Crippen LogP contribution >= 0.6 is 11.8 Å². The Labute approximate surface area is 167 Å². The second-order valence-electron chi connectivity index (χ2n) is 6.10. The maximum atomic E-state index is 12.5. The van der Waals surface area contributed by atoms with E-state index in [9.17, 15) is 9.59 Å². The SMILES string of the molecule is Cc1cc(CSc2ccccc2C(=O)NCCNC(=O)c2ccccc2)on1. The van der Waals surface area contributed by atoms with Gasteiger partial charge >= 0.3 is 0 Å².